The Morgan fingerprint density at radius 2 is 1.92 bits per heavy atom. The van der Waals surface area contributed by atoms with E-state index in [-0.39, 0.29) is 36.0 Å². The normalized spacial score (nSPS) is 14.9. The topological polar surface area (TPSA) is 71.5 Å². The molecular formula is C28H35ClN2O5S. The van der Waals surface area contributed by atoms with Crippen LogP contribution in [0.15, 0.2) is 42.5 Å². The van der Waals surface area contributed by atoms with Crippen molar-refractivity contribution in [3.05, 3.63) is 53.6 Å². The Balaban J connectivity index is 0.00000481. The van der Waals surface area contributed by atoms with Gasteiger partial charge in [-0.05, 0) is 49.0 Å². The van der Waals surface area contributed by atoms with Crippen molar-refractivity contribution in [1.82, 2.24) is 9.80 Å². The molecule has 1 fully saturated rings. The number of ether oxygens (including phenoxy) is 3. The molecule has 0 bridgehead atoms. The third kappa shape index (κ3) is 8.26. The molecule has 1 heterocycles. The maximum atomic E-state index is 13.1. The molecule has 2 aromatic rings. The number of rotatable bonds is 12. The summed E-state index contributed by atoms with van der Waals surface area (Å²) in [6.45, 7) is 7.63. The van der Waals surface area contributed by atoms with Gasteiger partial charge >= 0.3 is 0 Å². The van der Waals surface area contributed by atoms with Crippen molar-refractivity contribution in [1.29, 1.82) is 0 Å². The molecule has 3 rings (SSSR count). The van der Waals surface area contributed by atoms with Crippen LogP contribution in [0.3, 0.4) is 0 Å². The molecule has 37 heavy (non-hydrogen) atoms. The predicted molar refractivity (Wildman–Crippen MR) is 152 cm³/mol. The number of hydrogen-bond acceptors (Lipinski definition) is 7. The first-order chi connectivity index (χ1) is 17.5. The van der Waals surface area contributed by atoms with Gasteiger partial charge in [-0.1, -0.05) is 31.9 Å². The number of amides is 1. The standard InChI is InChI=1S/C28H34N2O5S.ClH/c1-5-15-34-23-10-8-9-11-24(23)35-20-27-30(14-16-36-27)26(31)13-12-21-17-22(19-29(6-2)7-3)28(32)25(18-21)33-4;/h1,8-13,17-18,27,32H,6-7,14-16,19-20H2,2-4H3;1H. The lowest BCUT2D eigenvalue weighted by Gasteiger charge is -2.23. The van der Waals surface area contributed by atoms with Crippen molar-refractivity contribution in [2.24, 2.45) is 0 Å². The maximum absolute atomic E-state index is 13.1. The number of carbonyl (C=O) groups excluding carboxylic acids is 1. The van der Waals surface area contributed by atoms with Gasteiger partial charge in [-0.15, -0.1) is 30.6 Å². The van der Waals surface area contributed by atoms with Crippen molar-refractivity contribution < 1.29 is 24.1 Å². The Morgan fingerprint density at radius 1 is 1.22 bits per heavy atom. The lowest BCUT2D eigenvalue weighted by atomic mass is 10.1. The molecule has 1 aliphatic heterocycles. The van der Waals surface area contributed by atoms with E-state index < -0.39 is 0 Å². The zero-order valence-electron chi connectivity index (χ0n) is 21.5. The van der Waals surface area contributed by atoms with Crippen LogP contribution >= 0.6 is 24.2 Å². The largest absolute Gasteiger partial charge is 0.504 e. The number of terminal acetylenes is 1. The number of halogens is 1. The van der Waals surface area contributed by atoms with Crippen LogP contribution in [-0.4, -0.2) is 71.9 Å². The molecule has 1 aliphatic rings. The van der Waals surface area contributed by atoms with Gasteiger partial charge in [-0.25, -0.2) is 0 Å². The van der Waals surface area contributed by atoms with Gasteiger partial charge in [0, 0.05) is 30.5 Å². The number of thioether (sulfide) groups is 1. The van der Waals surface area contributed by atoms with E-state index in [1.807, 2.05) is 24.3 Å². The quantitative estimate of drug-likeness (QED) is 0.306. The van der Waals surface area contributed by atoms with Crippen molar-refractivity contribution in [3.63, 3.8) is 0 Å². The zero-order chi connectivity index (χ0) is 25.9. The summed E-state index contributed by atoms with van der Waals surface area (Å²) in [5.41, 5.74) is 1.55. The summed E-state index contributed by atoms with van der Waals surface area (Å²) in [6.07, 6.45) is 8.63. The average molecular weight is 547 g/mol. The second-order valence-electron chi connectivity index (χ2n) is 8.13. The van der Waals surface area contributed by atoms with E-state index >= 15 is 0 Å². The van der Waals surface area contributed by atoms with E-state index in [2.05, 4.69) is 24.7 Å². The van der Waals surface area contributed by atoms with Crippen LogP contribution in [0.1, 0.15) is 25.0 Å². The minimum absolute atomic E-state index is 0. The SMILES string of the molecule is C#CCOc1ccccc1OCC1SCCN1C(=O)C=Cc1cc(CN(CC)CC)c(O)c(OC)c1.Cl. The monoisotopic (exact) mass is 546 g/mol. The Morgan fingerprint density at radius 3 is 2.57 bits per heavy atom. The molecule has 9 heteroatoms. The highest BCUT2D eigenvalue weighted by atomic mass is 35.5. The molecule has 7 nitrogen and oxygen atoms in total. The minimum atomic E-state index is -0.115. The predicted octanol–water partition coefficient (Wildman–Crippen LogP) is 4.67. The van der Waals surface area contributed by atoms with Gasteiger partial charge in [0.1, 0.15) is 18.6 Å². The highest BCUT2D eigenvalue weighted by molar-refractivity contribution is 8.00. The molecule has 0 radical (unpaired) electrons. The fourth-order valence-corrected chi connectivity index (χ4v) is 5.02. The summed E-state index contributed by atoms with van der Waals surface area (Å²) >= 11 is 1.68. The summed E-state index contributed by atoms with van der Waals surface area (Å²) in [6, 6.07) is 11.0. The lowest BCUT2D eigenvalue weighted by Crippen LogP contribution is -2.37. The summed E-state index contributed by atoms with van der Waals surface area (Å²) in [5, 5.41) is 10.5. The molecule has 1 saturated heterocycles. The van der Waals surface area contributed by atoms with Crippen molar-refractivity contribution >= 4 is 36.2 Å². The fourth-order valence-electron chi connectivity index (χ4n) is 3.89. The van der Waals surface area contributed by atoms with Crippen LogP contribution in [-0.2, 0) is 11.3 Å². The number of hydrogen-bond donors (Lipinski definition) is 1. The van der Waals surface area contributed by atoms with Gasteiger partial charge in [0.25, 0.3) is 0 Å². The summed E-state index contributed by atoms with van der Waals surface area (Å²) in [7, 11) is 1.52. The summed E-state index contributed by atoms with van der Waals surface area (Å²) < 4.78 is 16.9. The maximum Gasteiger partial charge on any atom is 0.247 e. The van der Waals surface area contributed by atoms with Gasteiger partial charge in [0.2, 0.25) is 5.91 Å². The fraction of sp³-hybridized carbons (Fsp3) is 0.393. The molecule has 0 saturated carbocycles. The van der Waals surface area contributed by atoms with E-state index in [1.54, 1.807) is 40.9 Å². The van der Waals surface area contributed by atoms with Crippen molar-refractivity contribution in [3.8, 4) is 35.3 Å². The zero-order valence-corrected chi connectivity index (χ0v) is 23.1. The number of carbonyl (C=O) groups is 1. The molecule has 1 amide bonds. The van der Waals surface area contributed by atoms with E-state index in [0.29, 0.717) is 36.9 Å². The second-order valence-corrected chi connectivity index (χ2v) is 9.42. The summed E-state index contributed by atoms with van der Waals surface area (Å²) in [5.74, 6) is 4.89. The third-order valence-corrected chi connectivity index (χ3v) is 7.11. The Kier molecular flexibility index (Phi) is 12.5. The van der Waals surface area contributed by atoms with E-state index in [9.17, 15) is 9.90 Å². The first kappa shape index (κ1) is 30.2. The van der Waals surface area contributed by atoms with E-state index in [1.165, 1.54) is 7.11 Å². The smallest absolute Gasteiger partial charge is 0.247 e. The Hall–Kier alpha value is -2.99. The second kappa shape index (κ2) is 15.3. The average Bonchev–Trinajstić information content (AvgIpc) is 3.38. The van der Waals surface area contributed by atoms with Gasteiger partial charge in [0.15, 0.2) is 23.0 Å². The number of methoxy groups -OCH3 is 1. The summed E-state index contributed by atoms with van der Waals surface area (Å²) in [4.78, 5) is 17.1. The molecule has 0 aromatic heterocycles. The number of phenols is 1. The number of aromatic hydroxyl groups is 1. The molecule has 1 unspecified atom stereocenters. The van der Waals surface area contributed by atoms with Gasteiger partial charge in [0.05, 0.1) is 7.11 Å². The highest BCUT2D eigenvalue weighted by Crippen LogP contribution is 2.33. The molecule has 2 aromatic carbocycles. The molecule has 1 N–H and O–H groups in total. The third-order valence-electron chi connectivity index (χ3n) is 5.92. The van der Waals surface area contributed by atoms with Crippen LogP contribution in [0.2, 0.25) is 0 Å². The number of benzene rings is 2. The number of phenolic OH excluding ortho intramolecular Hbond substituents is 1. The van der Waals surface area contributed by atoms with Crippen LogP contribution in [0.25, 0.3) is 6.08 Å². The first-order valence-electron chi connectivity index (χ1n) is 12.0. The Bertz CT molecular complexity index is 1100. The van der Waals surface area contributed by atoms with Gasteiger partial charge in [-0.3, -0.25) is 9.69 Å². The molecule has 0 aliphatic carbocycles. The highest BCUT2D eigenvalue weighted by Gasteiger charge is 2.29. The van der Waals surface area contributed by atoms with E-state index in [4.69, 9.17) is 20.6 Å². The molecule has 0 spiro atoms. The van der Waals surface area contributed by atoms with Gasteiger partial charge < -0.3 is 24.2 Å². The first-order valence-corrected chi connectivity index (χ1v) is 13.1. The van der Waals surface area contributed by atoms with Crippen LogP contribution < -0.4 is 14.2 Å². The Labute approximate surface area is 230 Å². The van der Waals surface area contributed by atoms with Crippen LogP contribution in [0, 0.1) is 12.3 Å². The molecular weight excluding hydrogens is 512 g/mol. The molecule has 1 atom stereocenters. The van der Waals surface area contributed by atoms with Crippen molar-refractivity contribution in [2.45, 2.75) is 25.8 Å². The molecule has 200 valence electrons. The van der Waals surface area contributed by atoms with E-state index in [0.717, 1.165) is 30.0 Å². The number of para-hydroxylation sites is 2. The van der Waals surface area contributed by atoms with Crippen LogP contribution in [0.4, 0.5) is 0 Å². The number of nitrogens with zero attached hydrogens (tertiary/aromatic N) is 2. The lowest BCUT2D eigenvalue weighted by molar-refractivity contribution is -0.126. The van der Waals surface area contributed by atoms with Crippen molar-refractivity contribution in [2.75, 3.05) is 45.7 Å². The minimum Gasteiger partial charge on any atom is -0.504 e. The van der Waals surface area contributed by atoms with Crippen LogP contribution in [0.5, 0.6) is 23.0 Å². The van der Waals surface area contributed by atoms with Gasteiger partial charge in [-0.2, -0.15) is 0 Å².